The molecule has 1 aromatic heterocycles. The van der Waals surface area contributed by atoms with Crippen molar-refractivity contribution in [1.82, 2.24) is 4.98 Å². The number of thiazole rings is 1. The van der Waals surface area contributed by atoms with Crippen LogP contribution in [0.1, 0.15) is 25.5 Å². The summed E-state index contributed by atoms with van der Waals surface area (Å²) in [7, 11) is 0. The van der Waals surface area contributed by atoms with Crippen LogP contribution in [0.4, 0.5) is 5.13 Å². The second kappa shape index (κ2) is 5.96. The van der Waals surface area contributed by atoms with E-state index < -0.39 is 5.97 Å². The molecule has 16 heavy (non-hydrogen) atoms. The smallest absolute Gasteiger partial charge is 0.335 e. The average Bonchev–Trinajstić information content (AvgIpc) is 2.66. The molecule has 1 radical (unpaired) electrons. The van der Waals surface area contributed by atoms with Crippen LogP contribution in [0.2, 0.25) is 0 Å². The van der Waals surface area contributed by atoms with Crippen LogP contribution in [0.3, 0.4) is 0 Å². The number of carbonyl (C=O) groups is 1. The minimum atomic E-state index is -0.501. The number of anilines is 1. The van der Waals surface area contributed by atoms with Crippen molar-refractivity contribution in [3.63, 3.8) is 0 Å². The van der Waals surface area contributed by atoms with Crippen LogP contribution in [0.5, 0.6) is 0 Å². The van der Waals surface area contributed by atoms with E-state index in [-0.39, 0.29) is 17.8 Å². The zero-order valence-corrected chi connectivity index (χ0v) is 9.41. The van der Waals surface area contributed by atoms with Crippen molar-refractivity contribution in [3.8, 4) is 0 Å². The highest BCUT2D eigenvalue weighted by atomic mass is 32.1. The first-order chi connectivity index (χ1) is 7.67. The Morgan fingerprint density at radius 2 is 2.50 bits per heavy atom. The van der Waals surface area contributed by atoms with Crippen molar-refractivity contribution < 1.29 is 14.4 Å². The van der Waals surface area contributed by atoms with Gasteiger partial charge in [-0.15, -0.1) is 11.3 Å². The Kier molecular flexibility index (Phi) is 4.59. The van der Waals surface area contributed by atoms with E-state index in [1.807, 2.05) is 6.92 Å². The normalized spacial score (nSPS) is 11.2. The largest absolute Gasteiger partial charge is 0.375 e. The molecule has 0 atom stereocenters. The lowest BCUT2D eigenvalue weighted by atomic mass is 10.3. The fraction of sp³-hybridized carbons (Fsp3) is 0.333. The maximum absolute atomic E-state index is 11.0. The molecule has 0 fully saturated rings. The molecule has 0 aromatic carbocycles. The third kappa shape index (κ3) is 3.43. The van der Waals surface area contributed by atoms with Gasteiger partial charge in [-0.2, -0.15) is 0 Å². The number of rotatable bonds is 5. The first-order valence-electron chi connectivity index (χ1n) is 4.54. The lowest BCUT2D eigenvalue weighted by Gasteiger charge is -1.95. The van der Waals surface area contributed by atoms with Crippen LogP contribution in [0, 0.1) is 0 Å². The van der Waals surface area contributed by atoms with E-state index in [1.165, 1.54) is 5.38 Å². The van der Waals surface area contributed by atoms with Crippen molar-refractivity contribution in [2.75, 3.05) is 5.73 Å². The summed E-state index contributed by atoms with van der Waals surface area (Å²) < 4.78 is 0. The zero-order valence-electron chi connectivity index (χ0n) is 8.60. The number of nitrogens with two attached hydrogens (primary N) is 1. The van der Waals surface area contributed by atoms with E-state index >= 15 is 0 Å². The lowest BCUT2D eigenvalue weighted by molar-refractivity contribution is -0.143. The third-order valence-electron chi connectivity index (χ3n) is 1.55. The Balaban J connectivity index is 2.71. The zero-order chi connectivity index (χ0) is 12.0. The van der Waals surface area contributed by atoms with Crippen molar-refractivity contribution in [1.29, 1.82) is 0 Å². The highest BCUT2D eigenvalue weighted by Crippen LogP contribution is 2.11. The van der Waals surface area contributed by atoms with E-state index in [9.17, 15) is 9.59 Å². The van der Waals surface area contributed by atoms with Gasteiger partial charge in [-0.05, 0) is 6.42 Å². The molecule has 0 aliphatic heterocycles. The van der Waals surface area contributed by atoms with Crippen LogP contribution in [0.25, 0.3) is 0 Å². The fourth-order valence-corrected chi connectivity index (χ4v) is 1.41. The van der Waals surface area contributed by atoms with Gasteiger partial charge in [-0.1, -0.05) is 12.1 Å². The van der Waals surface area contributed by atoms with Crippen LogP contribution >= 0.6 is 11.3 Å². The van der Waals surface area contributed by atoms with Gasteiger partial charge in [0.25, 0.3) is 6.29 Å². The summed E-state index contributed by atoms with van der Waals surface area (Å²) in [5.74, 6) is -0.501. The van der Waals surface area contributed by atoms with Crippen LogP contribution in [0.15, 0.2) is 10.5 Å². The van der Waals surface area contributed by atoms with Gasteiger partial charge in [-0.25, -0.2) is 9.78 Å². The van der Waals surface area contributed by atoms with Gasteiger partial charge in [0.2, 0.25) is 0 Å². The Morgan fingerprint density at radius 1 is 1.75 bits per heavy atom. The van der Waals surface area contributed by atoms with Gasteiger partial charge in [0.15, 0.2) is 10.8 Å². The number of nitrogen functional groups attached to an aromatic ring is 1. The molecule has 1 rings (SSSR count). The lowest BCUT2D eigenvalue weighted by Crippen LogP contribution is -2.07. The van der Waals surface area contributed by atoms with Gasteiger partial charge in [0.1, 0.15) is 5.69 Å². The van der Waals surface area contributed by atoms with Crippen molar-refractivity contribution >= 4 is 34.4 Å². The standard InChI is InChI=1S/C9H10N3O3S/c1-2-3-8(14)15-12-6(4-13)7-5-16-9(10)11-7/h5H,2-3H2,1H3,(H2,10,11)/b12-6+. The highest BCUT2D eigenvalue weighted by Gasteiger charge is 2.10. The molecule has 6 nitrogen and oxygen atoms in total. The molecule has 1 heterocycles. The van der Waals surface area contributed by atoms with Crippen LogP contribution in [-0.2, 0) is 14.4 Å². The molecule has 0 aliphatic carbocycles. The maximum Gasteiger partial charge on any atom is 0.335 e. The summed E-state index contributed by atoms with van der Waals surface area (Å²) in [5.41, 5.74) is 5.47. The van der Waals surface area contributed by atoms with Gasteiger partial charge >= 0.3 is 5.97 Å². The Bertz CT molecular complexity index is 414. The monoisotopic (exact) mass is 240 g/mol. The molecule has 0 saturated carbocycles. The summed E-state index contributed by atoms with van der Waals surface area (Å²) in [6, 6.07) is 0. The van der Waals surface area contributed by atoms with E-state index in [0.717, 1.165) is 11.3 Å². The average molecular weight is 240 g/mol. The number of aromatic nitrogens is 1. The number of carbonyl (C=O) groups excluding carboxylic acids is 2. The number of oxime groups is 1. The Hall–Kier alpha value is -1.76. The second-order valence-electron chi connectivity index (χ2n) is 2.83. The predicted molar refractivity (Wildman–Crippen MR) is 59.8 cm³/mol. The predicted octanol–water partition coefficient (Wildman–Crippen LogP) is 0.882. The quantitative estimate of drug-likeness (QED) is 0.468. The number of hydrogen-bond donors (Lipinski definition) is 1. The molecule has 0 saturated heterocycles. The number of nitrogens with zero attached hydrogens (tertiary/aromatic N) is 2. The van der Waals surface area contributed by atoms with Gasteiger partial charge < -0.3 is 10.6 Å². The molecule has 0 spiro atoms. The van der Waals surface area contributed by atoms with E-state index in [2.05, 4.69) is 15.0 Å². The minimum Gasteiger partial charge on any atom is -0.375 e. The first kappa shape index (κ1) is 12.3. The summed E-state index contributed by atoms with van der Waals surface area (Å²) in [6.07, 6.45) is 2.44. The molecule has 7 heteroatoms. The van der Waals surface area contributed by atoms with Crippen molar-refractivity contribution in [3.05, 3.63) is 11.1 Å². The Morgan fingerprint density at radius 3 is 3.00 bits per heavy atom. The Labute approximate surface area is 96.1 Å². The molecule has 0 amide bonds. The van der Waals surface area contributed by atoms with Gasteiger partial charge in [0.05, 0.1) is 0 Å². The molecular weight excluding hydrogens is 230 g/mol. The molecular formula is C9H10N3O3S. The van der Waals surface area contributed by atoms with Crippen molar-refractivity contribution in [2.45, 2.75) is 19.8 Å². The van der Waals surface area contributed by atoms with E-state index in [1.54, 1.807) is 6.29 Å². The van der Waals surface area contributed by atoms with Crippen LogP contribution in [-0.4, -0.2) is 23.0 Å². The highest BCUT2D eigenvalue weighted by molar-refractivity contribution is 7.13. The molecule has 1 aromatic rings. The third-order valence-corrected chi connectivity index (χ3v) is 2.23. The molecule has 85 valence electrons. The minimum absolute atomic E-state index is 0.169. The van der Waals surface area contributed by atoms with Gasteiger partial charge in [0, 0.05) is 11.8 Å². The van der Waals surface area contributed by atoms with E-state index in [0.29, 0.717) is 11.6 Å². The summed E-state index contributed by atoms with van der Waals surface area (Å²) >= 11 is 1.16. The van der Waals surface area contributed by atoms with Gasteiger partial charge in [-0.3, -0.25) is 4.79 Å². The molecule has 0 aliphatic rings. The fourth-order valence-electron chi connectivity index (χ4n) is 0.860. The number of hydrogen-bond acceptors (Lipinski definition) is 7. The topological polar surface area (TPSA) is 94.6 Å². The summed E-state index contributed by atoms with van der Waals surface area (Å²) in [6.45, 7) is 1.83. The molecule has 0 bridgehead atoms. The summed E-state index contributed by atoms with van der Waals surface area (Å²) in [5, 5.41) is 5.21. The van der Waals surface area contributed by atoms with Crippen LogP contribution < -0.4 is 5.73 Å². The second-order valence-corrected chi connectivity index (χ2v) is 3.72. The van der Waals surface area contributed by atoms with Crippen molar-refractivity contribution in [2.24, 2.45) is 5.16 Å². The summed E-state index contributed by atoms with van der Waals surface area (Å²) in [4.78, 5) is 29.9. The first-order valence-corrected chi connectivity index (χ1v) is 5.42. The maximum atomic E-state index is 11.0. The van der Waals surface area contributed by atoms with E-state index in [4.69, 9.17) is 5.73 Å². The SMILES string of the molecule is CCCC(=O)O/N=C(\[C]=O)c1csc(N)n1. The molecule has 0 unspecified atom stereocenters. The molecule has 2 N–H and O–H groups in total.